The van der Waals surface area contributed by atoms with Gasteiger partial charge in [-0.25, -0.2) is 0 Å². The van der Waals surface area contributed by atoms with E-state index < -0.39 is 0 Å². The Kier molecular flexibility index (Phi) is 5.22. The van der Waals surface area contributed by atoms with Crippen molar-refractivity contribution in [1.82, 2.24) is 4.98 Å². The Labute approximate surface area is 126 Å². The van der Waals surface area contributed by atoms with Gasteiger partial charge in [0.25, 0.3) is 0 Å². The molecular formula is C14H20Br2N2. The van der Waals surface area contributed by atoms with Crippen molar-refractivity contribution in [2.45, 2.75) is 45.1 Å². The van der Waals surface area contributed by atoms with Crippen molar-refractivity contribution in [1.29, 1.82) is 0 Å². The number of hydrogen-bond donors (Lipinski definition) is 1. The summed E-state index contributed by atoms with van der Waals surface area (Å²) in [4.78, 5) is 4.50. The monoisotopic (exact) mass is 374 g/mol. The molecule has 0 saturated heterocycles. The molecule has 0 radical (unpaired) electrons. The molecule has 3 unspecified atom stereocenters. The first-order valence-electron chi connectivity index (χ1n) is 6.70. The highest BCUT2D eigenvalue weighted by molar-refractivity contribution is 9.11. The highest BCUT2D eigenvalue weighted by Crippen LogP contribution is 2.40. The lowest BCUT2D eigenvalue weighted by Gasteiger charge is -2.35. The number of aromatic nitrogens is 1. The molecule has 1 aromatic heterocycles. The normalized spacial score (nSPS) is 26.0. The van der Waals surface area contributed by atoms with Gasteiger partial charge < -0.3 is 5.73 Å². The van der Waals surface area contributed by atoms with E-state index >= 15 is 0 Å². The van der Waals surface area contributed by atoms with Gasteiger partial charge in [0.05, 0.1) is 11.7 Å². The standard InChI is InChI=1S/C14H20Br2N2/c1-2-9-5-3-4-6-11(9)13(17)14-12(16)7-10(15)8-18-14/h7-9,11,13H,2-6,17H2,1H3. The van der Waals surface area contributed by atoms with E-state index in [1.54, 1.807) is 0 Å². The molecule has 100 valence electrons. The van der Waals surface area contributed by atoms with Crippen LogP contribution in [-0.2, 0) is 0 Å². The van der Waals surface area contributed by atoms with E-state index in [-0.39, 0.29) is 6.04 Å². The molecule has 1 saturated carbocycles. The molecule has 2 nitrogen and oxygen atoms in total. The fraction of sp³-hybridized carbons (Fsp3) is 0.643. The molecule has 1 heterocycles. The van der Waals surface area contributed by atoms with Gasteiger partial charge in [-0.3, -0.25) is 4.98 Å². The highest BCUT2D eigenvalue weighted by Gasteiger charge is 2.31. The van der Waals surface area contributed by atoms with E-state index in [1.165, 1.54) is 32.1 Å². The van der Waals surface area contributed by atoms with Gasteiger partial charge in [0, 0.05) is 15.1 Å². The lowest BCUT2D eigenvalue weighted by atomic mass is 9.73. The maximum atomic E-state index is 6.48. The second kappa shape index (κ2) is 6.49. The molecule has 0 aliphatic heterocycles. The van der Waals surface area contributed by atoms with Gasteiger partial charge >= 0.3 is 0 Å². The molecule has 4 heteroatoms. The van der Waals surface area contributed by atoms with Gasteiger partial charge in [-0.2, -0.15) is 0 Å². The fourth-order valence-electron chi connectivity index (χ4n) is 3.09. The van der Waals surface area contributed by atoms with Crippen LogP contribution in [0, 0.1) is 11.8 Å². The summed E-state index contributed by atoms with van der Waals surface area (Å²) in [5.74, 6) is 1.33. The topological polar surface area (TPSA) is 38.9 Å². The third-order valence-corrected chi connectivity index (χ3v) is 5.17. The minimum absolute atomic E-state index is 0.0534. The van der Waals surface area contributed by atoms with Crippen LogP contribution in [0.3, 0.4) is 0 Å². The Bertz CT molecular complexity index is 409. The largest absolute Gasteiger partial charge is 0.322 e. The van der Waals surface area contributed by atoms with Crippen molar-refractivity contribution in [3.63, 3.8) is 0 Å². The van der Waals surface area contributed by atoms with Gasteiger partial charge in [0.1, 0.15) is 0 Å². The summed E-state index contributed by atoms with van der Waals surface area (Å²) in [6.07, 6.45) is 8.29. The first-order chi connectivity index (χ1) is 8.63. The molecule has 1 aliphatic rings. The van der Waals surface area contributed by atoms with Crippen molar-refractivity contribution in [3.05, 3.63) is 26.9 Å². The van der Waals surface area contributed by atoms with Gasteiger partial charge in [0.2, 0.25) is 0 Å². The number of nitrogens with two attached hydrogens (primary N) is 1. The second-order valence-corrected chi connectivity index (χ2v) is 6.93. The molecule has 2 N–H and O–H groups in total. The summed E-state index contributed by atoms with van der Waals surface area (Å²) in [5, 5.41) is 0. The van der Waals surface area contributed by atoms with Crippen LogP contribution in [0.25, 0.3) is 0 Å². The second-order valence-electron chi connectivity index (χ2n) is 5.16. The summed E-state index contributed by atoms with van der Waals surface area (Å²) in [6.45, 7) is 2.28. The smallest absolute Gasteiger partial charge is 0.0716 e. The van der Waals surface area contributed by atoms with E-state index in [0.29, 0.717) is 5.92 Å². The Morgan fingerprint density at radius 1 is 1.39 bits per heavy atom. The van der Waals surface area contributed by atoms with Gasteiger partial charge in [-0.15, -0.1) is 0 Å². The molecule has 2 rings (SSSR count). The van der Waals surface area contributed by atoms with Crippen molar-refractivity contribution >= 4 is 31.9 Å². The van der Waals surface area contributed by atoms with Crippen LogP contribution < -0.4 is 5.73 Å². The molecule has 1 fully saturated rings. The predicted octanol–water partition coefficient (Wildman–Crippen LogP) is 4.82. The van der Waals surface area contributed by atoms with E-state index in [1.807, 2.05) is 12.3 Å². The molecule has 0 aromatic carbocycles. The minimum Gasteiger partial charge on any atom is -0.322 e. The summed E-state index contributed by atoms with van der Waals surface area (Å²) in [6, 6.07) is 2.09. The van der Waals surface area contributed by atoms with E-state index in [2.05, 4.69) is 43.8 Å². The highest BCUT2D eigenvalue weighted by atomic mass is 79.9. The first-order valence-corrected chi connectivity index (χ1v) is 8.28. The molecule has 0 bridgehead atoms. The van der Waals surface area contributed by atoms with Crippen LogP contribution in [-0.4, -0.2) is 4.98 Å². The number of rotatable bonds is 3. The number of hydrogen-bond acceptors (Lipinski definition) is 2. The van der Waals surface area contributed by atoms with Gasteiger partial charge in [0.15, 0.2) is 0 Å². The van der Waals surface area contributed by atoms with Gasteiger partial charge in [-0.1, -0.05) is 32.6 Å². The predicted molar refractivity (Wildman–Crippen MR) is 82.3 cm³/mol. The third-order valence-electron chi connectivity index (χ3n) is 4.11. The zero-order valence-electron chi connectivity index (χ0n) is 10.7. The summed E-state index contributed by atoms with van der Waals surface area (Å²) >= 11 is 7.02. The summed E-state index contributed by atoms with van der Waals surface area (Å²) in [5.41, 5.74) is 7.48. The summed E-state index contributed by atoms with van der Waals surface area (Å²) in [7, 11) is 0. The first kappa shape index (κ1) is 14.5. The van der Waals surface area contributed by atoms with Crippen LogP contribution in [0.1, 0.15) is 50.8 Å². The molecule has 1 aliphatic carbocycles. The average Bonchev–Trinajstić information content (AvgIpc) is 2.38. The molecule has 3 atom stereocenters. The number of pyridine rings is 1. The Hall–Kier alpha value is 0.0700. The van der Waals surface area contributed by atoms with Crippen LogP contribution in [0.15, 0.2) is 21.2 Å². The van der Waals surface area contributed by atoms with Gasteiger partial charge in [-0.05, 0) is 56.2 Å². The molecule has 1 aromatic rings. The Morgan fingerprint density at radius 2 is 2.11 bits per heavy atom. The minimum atomic E-state index is 0.0534. The molecular weight excluding hydrogens is 356 g/mol. The molecule has 0 spiro atoms. The Balaban J connectivity index is 2.20. The van der Waals surface area contributed by atoms with Crippen molar-refractivity contribution in [3.8, 4) is 0 Å². The Morgan fingerprint density at radius 3 is 2.78 bits per heavy atom. The SMILES string of the molecule is CCC1CCCCC1C(N)c1ncc(Br)cc1Br. The van der Waals surface area contributed by atoms with Crippen molar-refractivity contribution in [2.75, 3.05) is 0 Å². The van der Waals surface area contributed by atoms with Crippen molar-refractivity contribution < 1.29 is 0 Å². The zero-order valence-corrected chi connectivity index (χ0v) is 13.9. The van der Waals surface area contributed by atoms with E-state index in [9.17, 15) is 0 Å². The maximum absolute atomic E-state index is 6.48. The summed E-state index contributed by atoms with van der Waals surface area (Å²) < 4.78 is 2.01. The average molecular weight is 376 g/mol. The van der Waals surface area contributed by atoms with E-state index in [0.717, 1.165) is 20.6 Å². The number of halogens is 2. The maximum Gasteiger partial charge on any atom is 0.0716 e. The third kappa shape index (κ3) is 3.14. The zero-order chi connectivity index (χ0) is 13.1. The number of nitrogens with zero attached hydrogens (tertiary/aromatic N) is 1. The molecule has 0 amide bonds. The quantitative estimate of drug-likeness (QED) is 0.822. The van der Waals surface area contributed by atoms with Crippen LogP contribution in [0.5, 0.6) is 0 Å². The van der Waals surface area contributed by atoms with Crippen LogP contribution in [0.4, 0.5) is 0 Å². The van der Waals surface area contributed by atoms with Crippen LogP contribution in [0.2, 0.25) is 0 Å². The lowest BCUT2D eigenvalue weighted by molar-refractivity contribution is 0.194. The van der Waals surface area contributed by atoms with Crippen molar-refractivity contribution in [2.24, 2.45) is 17.6 Å². The lowest BCUT2D eigenvalue weighted by Crippen LogP contribution is -2.31. The fourth-order valence-corrected chi connectivity index (χ4v) is 4.34. The van der Waals surface area contributed by atoms with E-state index in [4.69, 9.17) is 5.73 Å². The molecule has 18 heavy (non-hydrogen) atoms. The van der Waals surface area contributed by atoms with Crippen LogP contribution >= 0.6 is 31.9 Å².